The van der Waals surface area contributed by atoms with E-state index in [4.69, 9.17) is 4.74 Å². The molecule has 0 N–H and O–H groups in total. The molecule has 1 heterocycles. The maximum Gasteiger partial charge on any atom is 0.223 e. The molecule has 3 nitrogen and oxygen atoms in total. The third-order valence-electron chi connectivity index (χ3n) is 3.68. The zero-order chi connectivity index (χ0) is 15.8. The standard InChI is InChI=1S/C18H18O3S/c1-14(2)13-18(17(21-18)15-9-5-3-6-10-15)22(19,20)16-11-7-4-8-12-16/h3-13,17H,1-2H3. The summed E-state index contributed by atoms with van der Waals surface area (Å²) in [4.78, 5) is -1.01. The molecule has 114 valence electrons. The summed E-state index contributed by atoms with van der Waals surface area (Å²) < 4.78 is 31.9. The lowest BCUT2D eigenvalue weighted by molar-refractivity contribution is 0.371. The molecule has 22 heavy (non-hydrogen) atoms. The Morgan fingerprint density at radius 2 is 1.55 bits per heavy atom. The number of rotatable bonds is 4. The molecule has 2 aromatic rings. The van der Waals surface area contributed by atoms with E-state index in [2.05, 4.69) is 0 Å². The first-order valence-corrected chi connectivity index (χ1v) is 8.64. The van der Waals surface area contributed by atoms with Gasteiger partial charge in [0, 0.05) is 0 Å². The van der Waals surface area contributed by atoms with Crippen LogP contribution in [-0.2, 0) is 14.6 Å². The largest absolute Gasteiger partial charge is 0.340 e. The summed E-state index contributed by atoms with van der Waals surface area (Å²) in [5.41, 5.74) is 1.79. The predicted molar refractivity (Wildman–Crippen MR) is 86.1 cm³/mol. The highest BCUT2D eigenvalue weighted by atomic mass is 32.2. The summed E-state index contributed by atoms with van der Waals surface area (Å²) >= 11 is 0. The SMILES string of the molecule is CC(C)=CC1(S(=O)(=O)c2ccccc2)OC1c1ccccc1. The van der Waals surface area contributed by atoms with Gasteiger partial charge in [0.05, 0.1) is 4.90 Å². The van der Waals surface area contributed by atoms with Crippen molar-refractivity contribution in [2.45, 2.75) is 29.8 Å². The van der Waals surface area contributed by atoms with E-state index in [-0.39, 0.29) is 4.90 Å². The molecule has 1 fully saturated rings. The average Bonchev–Trinajstić information content (AvgIpc) is 3.24. The van der Waals surface area contributed by atoms with E-state index in [1.807, 2.05) is 44.2 Å². The van der Waals surface area contributed by atoms with Crippen LogP contribution < -0.4 is 0 Å². The molecule has 0 saturated carbocycles. The number of allylic oxidation sites excluding steroid dienone is 1. The van der Waals surface area contributed by atoms with Crippen LogP contribution >= 0.6 is 0 Å². The summed E-state index contributed by atoms with van der Waals surface area (Å²) in [6, 6.07) is 17.9. The van der Waals surface area contributed by atoms with E-state index in [1.54, 1.807) is 36.4 Å². The Labute approximate surface area is 131 Å². The number of ether oxygens (including phenoxy) is 1. The Hall–Kier alpha value is -1.91. The van der Waals surface area contributed by atoms with Crippen LogP contribution in [0.25, 0.3) is 0 Å². The van der Waals surface area contributed by atoms with Gasteiger partial charge in [-0.25, -0.2) is 8.42 Å². The maximum atomic E-state index is 13.1. The lowest BCUT2D eigenvalue weighted by atomic mass is 10.1. The van der Waals surface area contributed by atoms with Crippen molar-refractivity contribution in [3.8, 4) is 0 Å². The minimum atomic E-state index is -3.62. The Kier molecular flexibility index (Phi) is 3.67. The monoisotopic (exact) mass is 314 g/mol. The maximum absolute atomic E-state index is 13.1. The molecular weight excluding hydrogens is 296 g/mol. The van der Waals surface area contributed by atoms with Gasteiger partial charge in [0.2, 0.25) is 14.8 Å². The highest BCUT2D eigenvalue weighted by molar-refractivity contribution is 7.93. The van der Waals surface area contributed by atoms with Gasteiger partial charge in [-0.15, -0.1) is 0 Å². The second-order valence-corrected chi connectivity index (χ2v) is 7.78. The van der Waals surface area contributed by atoms with Crippen molar-refractivity contribution in [3.63, 3.8) is 0 Å². The van der Waals surface area contributed by atoms with Crippen molar-refractivity contribution in [2.75, 3.05) is 0 Å². The molecule has 1 aliphatic heterocycles. The Balaban J connectivity index is 2.09. The minimum absolute atomic E-state index is 0.283. The van der Waals surface area contributed by atoms with Crippen LogP contribution in [-0.4, -0.2) is 13.4 Å². The Bertz CT molecular complexity index is 791. The highest BCUT2D eigenvalue weighted by Crippen LogP contribution is 2.56. The summed E-state index contributed by atoms with van der Waals surface area (Å²) in [7, 11) is -3.62. The molecule has 0 amide bonds. The van der Waals surface area contributed by atoms with E-state index < -0.39 is 20.9 Å². The number of sulfone groups is 1. The number of benzene rings is 2. The fourth-order valence-electron chi connectivity index (χ4n) is 2.66. The van der Waals surface area contributed by atoms with Crippen molar-refractivity contribution in [1.82, 2.24) is 0 Å². The van der Waals surface area contributed by atoms with Gasteiger partial charge in [-0.05, 0) is 37.6 Å². The number of hydrogen-bond acceptors (Lipinski definition) is 3. The fourth-order valence-corrected chi connectivity index (χ4v) is 4.57. The second-order valence-electron chi connectivity index (χ2n) is 5.67. The summed E-state index contributed by atoms with van der Waals surface area (Å²) in [5.74, 6) is 0. The second kappa shape index (κ2) is 5.38. The first-order chi connectivity index (χ1) is 10.5. The first-order valence-electron chi connectivity index (χ1n) is 7.16. The van der Waals surface area contributed by atoms with Gasteiger partial charge in [0.15, 0.2) is 0 Å². The molecule has 1 aliphatic rings. The quantitative estimate of drug-likeness (QED) is 0.635. The first kappa shape index (κ1) is 15.0. The molecule has 0 aromatic heterocycles. The minimum Gasteiger partial charge on any atom is -0.340 e. The molecule has 2 unspecified atom stereocenters. The molecule has 2 aromatic carbocycles. The molecule has 0 radical (unpaired) electrons. The van der Waals surface area contributed by atoms with Gasteiger partial charge >= 0.3 is 0 Å². The van der Waals surface area contributed by atoms with Crippen molar-refractivity contribution >= 4 is 9.84 Å². The summed E-state index contributed by atoms with van der Waals surface area (Å²) in [6.07, 6.45) is 1.25. The predicted octanol–water partition coefficient (Wildman–Crippen LogP) is 3.89. The van der Waals surface area contributed by atoms with Gasteiger partial charge in [0.1, 0.15) is 6.10 Å². The van der Waals surface area contributed by atoms with Gasteiger partial charge in [0.25, 0.3) is 0 Å². The van der Waals surface area contributed by atoms with Crippen LogP contribution in [0.5, 0.6) is 0 Å². The van der Waals surface area contributed by atoms with Gasteiger partial charge < -0.3 is 4.74 Å². The lowest BCUT2D eigenvalue weighted by Crippen LogP contribution is -2.24. The molecule has 0 spiro atoms. The molecule has 0 aliphatic carbocycles. The van der Waals surface area contributed by atoms with Gasteiger partial charge in [-0.1, -0.05) is 54.1 Å². The van der Waals surface area contributed by atoms with Crippen molar-refractivity contribution in [2.24, 2.45) is 0 Å². The Morgan fingerprint density at radius 1 is 1.00 bits per heavy atom. The zero-order valence-corrected chi connectivity index (χ0v) is 13.4. The van der Waals surface area contributed by atoms with Crippen molar-refractivity contribution in [3.05, 3.63) is 77.9 Å². The third-order valence-corrected chi connectivity index (χ3v) is 5.84. The third kappa shape index (κ3) is 2.38. The van der Waals surface area contributed by atoms with Crippen LogP contribution in [0.15, 0.2) is 77.2 Å². The van der Waals surface area contributed by atoms with Crippen LogP contribution in [0.1, 0.15) is 25.5 Å². The summed E-state index contributed by atoms with van der Waals surface area (Å²) in [6.45, 7) is 3.76. The van der Waals surface area contributed by atoms with Crippen LogP contribution in [0.3, 0.4) is 0 Å². The van der Waals surface area contributed by atoms with Gasteiger partial charge in [-0.2, -0.15) is 0 Å². The Morgan fingerprint density at radius 3 is 2.09 bits per heavy atom. The van der Waals surface area contributed by atoms with Crippen molar-refractivity contribution in [1.29, 1.82) is 0 Å². The molecule has 0 bridgehead atoms. The lowest BCUT2D eigenvalue weighted by Gasteiger charge is -2.11. The van der Waals surface area contributed by atoms with E-state index in [1.165, 1.54) is 0 Å². The molecule has 2 atom stereocenters. The molecule has 3 rings (SSSR count). The topological polar surface area (TPSA) is 46.7 Å². The van der Waals surface area contributed by atoms with Crippen LogP contribution in [0, 0.1) is 0 Å². The average molecular weight is 314 g/mol. The number of hydrogen-bond donors (Lipinski definition) is 0. The normalized spacial score (nSPS) is 23.8. The van der Waals surface area contributed by atoms with Gasteiger partial charge in [-0.3, -0.25) is 0 Å². The van der Waals surface area contributed by atoms with E-state index in [9.17, 15) is 8.42 Å². The molecule has 1 saturated heterocycles. The van der Waals surface area contributed by atoms with Crippen LogP contribution in [0.2, 0.25) is 0 Å². The smallest absolute Gasteiger partial charge is 0.223 e. The highest BCUT2D eigenvalue weighted by Gasteiger charge is 2.65. The molecule has 4 heteroatoms. The number of epoxide rings is 1. The van der Waals surface area contributed by atoms with Crippen molar-refractivity contribution < 1.29 is 13.2 Å². The van der Waals surface area contributed by atoms with Crippen LogP contribution in [0.4, 0.5) is 0 Å². The fraction of sp³-hybridized carbons (Fsp3) is 0.222. The molecular formula is C18H18O3S. The van der Waals surface area contributed by atoms with E-state index in [0.29, 0.717) is 0 Å². The zero-order valence-electron chi connectivity index (χ0n) is 12.6. The van der Waals surface area contributed by atoms with E-state index >= 15 is 0 Å². The van der Waals surface area contributed by atoms with E-state index in [0.717, 1.165) is 11.1 Å². The summed E-state index contributed by atoms with van der Waals surface area (Å²) in [5, 5.41) is 0.